The summed E-state index contributed by atoms with van der Waals surface area (Å²) in [6.45, 7) is 4.57. The van der Waals surface area contributed by atoms with Crippen LogP contribution in [0.25, 0.3) is 0 Å². The van der Waals surface area contributed by atoms with Crippen molar-refractivity contribution in [3.63, 3.8) is 0 Å². The van der Waals surface area contributed by atoms with Gasteiger partial charge in [0.05, 0.1) is 6.61 Å². The molecule has 204 valence electrons. The zero-order valence-corrected chi connectivity index (χ0v) is 21.3. The zero-order chi connectivity index (χ0) is 26.8. The van der Waals surface area contributed by atoms with Gasteiger partial charge in [-0.1, -0.05) is 6.07 Å². The van der Waals surface area contributed by atoms with E-state index in [2.05, 4.69) is 37.6 Å². The van der Waals surface area contributed by atoms with Crippen molar-refractivity contribution < 1.29 is 27.8 Å². The van der Waals surface area contributed by atoms with Gasteiger partial charge < -0.3 is 25.4 Å². The highest BCUT2D eigenvalue weighted by Crippen LogP contribution is 2.29. The fraction of sp³-hybridized carbons (Fsp3) is 0.600. The van der Waals surface area contributed by atoms with Gasteiger partial charge >= 0.3 is 12.1 Å². The van der Waals surface area contributed by atoms with Gasteiger partial charge in [0.25, 0.3) is 0 Å². The molecule has 2 aromatic heterocycles. The first kappa shape index (κ1) is 28.6. The standard InChI is InChI=1S/C25H35F3N6O3/c1-17-30-21(25(26,27)28)16-22(31-17)33-20(24(35)36)10-13-34(14-15-37-2)12-4-3-7-19-9-8-18-6-5-11-29-23(18)32-19/h8-9,16,20H,3-7,10-15H2,1-2H3,(H,29,32)(H,35,36)(H,30,31,33)/t20-/m0/s1. The number of halogens is 3. The van der Waals surface area contributed by atoms with Crippen molar-refractivity contribution in [2.24, 2.45) is 0 Å². The van der Waals surface area contributed by atoms with Crippen LogP contribution in [0.4, 0.5) is 24.8 Å². The van der Waals surface area contributed by atoms with Gasteiger partial charge in [0.15, 0.2) is 0 Å². The summed E-state index contributed by atoms with van der Waals surface area (Å²) in [6, 6.07) is 3.85. The Kier molecular flexibility index (Phi) is 10.4. The van der Waals surface area contributed by atoms with E-state index in [-0.39, 0.29) is 18.1 Å². The monoisotopic (exact) mass is 524 g/mol. The number of nitrogens with zero attached hydrogens (tertiary/aromatic N) is 4. The van der Waals surface area contributed by atoms with E-state index in [0.29, 0.717) is 19.7 Å². The maximum atomic E-state index is 13.1. The normalized spacial score (nSPS) is 14.2. The van der Waals surface area contributed by atoms with Crippen LogP contribution in [-0.2, 0) is 28.5 Å². The number of hydrogen-bond acceptors (Lipinski definition) is 8. The van der Waals surface area contributed by atoms with Crippen LogP contribution in [-0.4, -0.2) is 76.9 Å². The Morgan fingerprint density at radius 2 is 2.03 bits per heavy atom. The number of pyridine rings is 1. The topological polar surface area (TPSA) is 113 Å². The first-order chi connectivity index (χ1) is 17.7. The lowest BCUT2D eigenvalue weighted by molar-refractivity contribution is -0.141. The maximum absolute atomic E-state index is 13.1. The fourth-order valence-electron chi connectivity index (χ4n) is 4.24. The number of ether oxygens (including phenoxy) is 1. The number of nitrogens with one attached hydrogen (secondary N) is 2. The quantitative estimate of drug-likeness (QED) is 0.318. The molecule has 0 bridgehead atoms. The van der Waals surface area contributed by atoms with E-state index >= 15 is 0 Å². The van der Waals surface area contributed by atoms with Crippen molar-refractivity contribution in [1.29, 1.82) is 0 Å². The molecule has 0 unspecified atom stereocenters. The SMILES string of the molecule is COCCN(CCCCc1ccc2c(n1)NCCC2)CC[C@H](Nc1cc(C(F)(F)F)nc(C)n1)C(=O)O. The lowest BCUT2D eigenvalue weighted by atomic mass is 10.1. The minimum atomic E-state index is -4.65. The minimum Gasteiger partial charge on any atom is -0.480 e. The predicted molar refractivity (Wildman–Crippen MR) is 134 cm³/mol. The second kappa shape index (κ2) is 13.5. The number of fused-ring (bicyclic) bond motifs is 1. The van der Waals surface area contributed by atoms with Crippen LogP contribution in [0.15, 0.2) is 18.2 Å². The van der Waals surface area contributed by atoms with E-state index < -0.39 is 23.9 Å². The number of methoxy groups -OCH3 is 1. The fourth-order valence-corrected chi connectivity index (χ4v) is 4.24. The summed E-state index contributed by atoms with van der Waals surface area (Å²) in [7, 11) is 1.60. The Bertz CT molecular complexity index is 1040. The molecule has 0 saturated carbocycles. The van der Waals surface area contributed by atoms with E-state index in [4.69, 9.17) is 9.72 Å². The average Bonchev–Trinajstić information content (AvgIpc) is 2.85. The van der Waals surface area contributed by atoms with Crippen molar-refractivity contribution in [3.8, 4) is 0 Å². The van der Waals surface area contributed by atoms with E-state index in [9.17, 15) is 23.1 Å². The van der Waals surface area contributed by atoms with Crippen LogP contribution in [0.3, 0.4) is 0 Å². The number of anilines is 2. The minimum absolute atomic E-state index is 0.0904. The molecule has 0 saturated heterocycles. The molecule has 1 aliphatic heterocycles. The molecule has 3 N–H and O–H groups in total. The number of rotatable bonds is 14. The molecule has 3 heterocycles. The summed E-state index contributed by atoms with van der Waals surface area (Å²) in [5, 5.41) is 15.6. The van der Waals surface area contributed by atoms with Crippen molar-refractivity contribution >= 4 is 17.6 Å². The largest absolute Gasteiger partial charge is 0.480 e. The number of aliphatic carboxylic acids is 1. The number of unbranched alkanes of at least 4 members (excludes halogenated alkanes) is 1. The summed E-state index contributed by atoms with van der Waals surface area (Å²) < 4.78 is 44.5. The lowest BCUT2D eigenvalue weighted by Crippen LogP contribution is -2.37. The summed E-state index contributed by atoms with van der Waals surface area (Å²) in [5.41, 5.74) is 1.19. The van der Waals surface area contributed by atoms with Crippen LogP contribution in [0, 0.1) is 6.92 Å². The predicted octanol–water partition coefficient (Wildman–Crippen LogP) is 3.78. The third kappa shape index (κ3) is 9.12. The molecular formula is C25H35F3N6O3. The van der Waals surface area contributed by atoms with Crippen LogP contribution >= 0.6 is 0 Å². The summed E-state index contributed by atoms with van der Waals surface area (Å²) in [5.74, 6) is -0.433. The molecule has 2 aromatic rings. The van der Waals surface area contributed by atoms with Crippen LogP contribution in [0.5, 0.6) is 0 Å². The summed E-state index contributed by atoms with van der Waals surface area (Å²) in [4.78, 5) is 26.0. The first-order valence-corrected chi connectivity index (χ1v) is 12.5. The highest BCUT2D eigenvalue weighted by atomic mass is 19.4. The molecule has 1 atom stereocenters. The number of carbonyl (C=O) groups is 1. The molecule has 1 aliphatic rings. The van der Waals surface area contributed by atoms with E-state index in [1.54, 1.807) is 7.11 Å². The number of aryl methyl sites for hydroxylation is 3. The molecular weight excluding hydrogens is 489 g/mol. The van der Waals surface area contributed by atoms with E-state index in [1.807, 2.05) is 0 Å². The molecule has 0 aliphatic carbocycles. The Labute approximate surface area is 214 Å². The van der Waals surface area contributed by atoms with Crippen molar-refractivity contribution in [2.45, 2.75) is 57.7 Å². The Morgan fingerprint density at radius 1 is 1.22 bits per heavy atom. The second-order valence-corrected chi connectivity index (χ2v) is 9.14. The smallest absolute Gasteiger partial charge is 0.433 e. The third-order valence-corrected chi connectivity index (χ3v) is 6.20. The summed E-state index contributed by atoms with van der Waals surface area (Å²) in [6.07, 6.45) is 0.373. The van der Waals surface area contributed by atoms with Crippen molar-refractivity contribution in [2.75, 3.05) is 50.5 Å². The highest BCUT2D eigenvalue weighted by molar-refractivity contribution is 5.76. The highest BCUT2D eigenvalue weighted by Gasteiger charge is 2.33. The van der Waals surface area contributed by atoms with Gasteiger partial charge in [-0.15, -0.1) is 0 Å². The molecule has 0 amide bonds. The maximum Gasteiger partial charge on any atom is 0.433 e. The summed E-state index contributed by atoms with van der Waals surface area (Å²) >= 11 is 0. The zero-order valence-electron chi connectivity index (χ0n) is 21.3. The number of alkyl halides is 3. The Morgan fingerprint density at radius 3 is 2.76 bits per heavy atom. The van der Waals surface area contributed by atoms with Gasteiger partial charge in [0, 0.05) is 38.5 Å². The molecule has 37 heavy (non-hydrogen) atoms. The number of carboxylic acid groups (broad SMARTS) is 1. The second-order valence-electron chi connectivity index (χ2n) is 9.14. The Balaban J connectivity index is 1.53. The average molecular weight is 525 g/mol. The molecule has 3 rings (SSSR count). The molecule has 0 spiro atoms. The van der Waals surface area contributed by atoms with Crippen molar-refractivity contribution in [3.05, 3.63) is 41.0 Å². The number of hydrogen-bond donors (Lipinski definition) is 3. The van der Waals surface area contributed by atoms with Gasteiger partial charge in [-0.3, -0.25) is 0 Å². The van der Waals surface area contributed by atoms with E-state index in [1.165, 1.54) is 12.5 Å². The van der Waals surface area contributed by atoms with Crippen LogP contribution in [0.2, 0.25) is 0 Å². The van der Waals surface area contributed by atoms with Crippen molar-refractivity contribution in [1.82, 2.24) is 19.9 Å². The first-order valence-electron chi connectivity index (χ1n) is 12.5. The number of carboxylic acids is 1. The molecule has 12 heteroatoms. The molecule has 0 radical (unpaired) electrons. The lowest BCUT2D eigenvalue weighted by Gasteiger charge is -2.24. The van der Waals surface area contributed by atoms with Gasteiger partial charge in [-0.05, 0) is 63.6 Å². The molecule has 0 aromatic carbocycles. The van der Waals surface area contributed by atoms with Gasteiger partial charge in [0.2, 0.25) is 0 Å². The van der Waals surface area contributed by atoms with Gasteiger partial charge in [-0.25, -0.2) is 19.7 Å². The molecule has 9 nitrogen and oxygen atoms in total. The third-order valence-electron chi connectivity index (χ3n) is 6.20. The van der Waals surface area contributed by atoms with Crippen LogP contribution < -0.4 is 10.6 Å². The Hall–Kier alpha value is -2.99. The van der Waals surface area contributed by atoms with Gasteiger partial charge in [-0.2, -0.15) is 13.2 Å². The van der Waals surface area contributed by atoms with Crippen LogP contribution in [0.1, 0.15) is 48.5 Å². The van der Waals surface area contributed by atoms with Gasteiger partial charge in [0.1, 0.15) is 29.2 Å². The van der Waals surface area contributed by atoms with E-state index in [0.717, 1.165) is 62.8 Å². The molecule has 0 fully saturated rings. The number of aromatic nitrogens is 3.